The molecule has 0 amide bonds. The average Bonchev–Trinajstić information content (AvgIpc) is 3.54. The zero-order chi connectivity index (χ0) is 44.9. The van der Waals surface area contributed by atoms with Crippen LogP contribution >= 0.6 is 0 Å². The molecule has 334 valence electrons. The Balaban J connectivity index is 0.000000274. The van der Waals surface area contributed by atoms with E-state index in [2.05, 4.69) is 88.9 Å². The summed E-state index contributed by atoms with van der Waals surface area (Å²) in [6.45, 7) is 13.6. The van der Waals surface area contributed by atoms with Crippen LogP contribution < -0.4 is 20.4 Å². The van der Waals surface area contributed by atoms with Gasteiger partial charge in [-0.15, -0.1) is 5.69 Å². The van der Waals surface area contributed by atoms with Crippen molar-refractivity contribution in [1.82, 2.24) is 14.4 Å². The Morgan fingerprint density at radius 2 is 1.58 bits per heavy atom. The molecule has 18 nitrogen and oxygen atoms in total. The molecule has 0 fully saturated rings. The molecule has 20 heteroatoms. The molecule has 0 atom stereocenters. The van der Waals surface area contributed by atoms with Gasteiger partial charge in [-0.25, -0.2) is 19.2 Å². The third-order valence-electron chi connectivity index (χ3n) is 10.1. The molecule has 0 saturated carbocycles. The first kappa shape index (κ1) is 49.7. The standard InChI is InChI=1S/C28H30N2O3.C16H12N5O7S.Cr.H2O/c1-5-29(6-2)19-13-15-23-25(17-19)33-26-18-20(30(7-3)8-4)14-16-24(26)27(23)21-11-9-10-12-22(21)28(31)32;1-9-14(16(23)20(19-9)10-5-3-2-4-6-10)18-17-12-7-11(21(24)25)8-13(15(12)22)29(26,27)28;;/h9-18H,5-8H2,1-4H3;2-8,22H,1H3,(H,26,27,28);;1H2/q;-1;;/p+1. The Morgan fingerprint density at radius 3 is 2.19 bits per heavy atom. The minimum atomic E-state index is -4.98. The number of nitro benzene ring substituents is 1. The van der Waals surface area contributed by atoms with Crippen LogP contribution in [0.2, 0.25) is 0 Å². The first-order valence-corrected chi connectivity index (χ1v) is 20.9. The van der Waals surface area contributed by atoms with Crippen molar-refractivity contribution in [2.45, 2.75) is 39.5 Å². The zero-order valence-electron chi connectivity index (χ0n) is 35.3. The van der Waals surface area contributed by atoms with Gasteiger partial charge >= 0.3 is 5.97 Å². The number of carboxylic acids is 1. The van der Waals surface area contributed by atoms with E-state index in [0.29, 0.717) is 17.3 Å². The predicted octanol–water partition coefficient (Wildman–Crippen LogP) is 7.27. The number of aromatic carboxylic acids is 1. The number of carbonyl (C=O) groups is 1. The van der Waals surface area contributed by atoms with E-state index >= 15 is 0 Å². The number of nitrogens with zero attached hydrogens (tertiary/aromatic N) is 7. The Hall–Kier alpha value is -6.95. The van der Waals surface area contributed by atoms with E-state index in [1.807, 2.05) is 12.1 Å². The molecule has 2 heterocycles. The number of aromatic nitrogens is 2. The minimum absolute atomic E-state index is 0. The van der Waals surface area contributed by atoms with Gasteiger partial charge in [-0.3, -0.25) is 14.7 Å². The molecule has 1 aliphatic heterocycles. The maximum Gasteiger partial charge on any atom is 0.336 e. The first-order chi connectivity index (χ1) is 29.6. The van der Waals surface area contributed by atoms with E-state index in [1.165, 1.54) is 6.92 Å². The molecule has 0 bridgehead atoms. The van der Waals surface area contributed by atoms with Gasteiger partial charge < -0.3 is 34.9 Å². The van der Waals surface area contributed by atoms with Gasteiger partial charge in [0.2, 0.25) is 5.36 Å². The number of phenols is 1. The van der Waals surface area contributed by atoms with Gasteiger partial charge in [0.1, 0.15) is 40.6 Å². The van der Waals surface area contributed by atoms with Crippen molar-refractivity contribution >= 4 is 49.8 Å². The number of hydrogen-bond donors (Lipinski definition) is 3. The van der Waals surface area contributed by atoms with Gasteiger partial charge in [0.25, 0.3) is 15.8 Å². The molecule has 1 aromatic heterocycles. The number of nitro groups is 1. The summed E-state index contributed by atoms with van der Waals surface area (Å²) < 4.78 is 41.7. The van der Waals surface area contributed by atoms with Gasteiger partial charge in [-0.2, -0.15) is 13.5 Å². The maximum absolute atomic E-state index is 12.5. The molecule has 4 aromatic carbocycles. The number of hydrogen-bond acceptors (Lipinski definition) is 12. The second kappa shape index (κ2) is 20.9. The van der Waals surface area contributed by atoms with Crippen LogP contribution in [0.25, 0.3) is 39.1 Å². The van der Waals surface area contributed by atoms with Gasteiger partial charge in [0.15, 0.2) is 5.75 Å². The van der Waals surface area contributed by atoms with Crippen molar-refractivity contribution in [1.29, 1.82) is 0 Å². The largest absolute Gasteiger partial charge is 0.504 e. The van der Waals surface area contributed by atoms with E-state index in [0.717, 1.165) is 75.8 Å². The van der Waals surface area contributed by atoms with Gasteiger partial charge in [0.05, 0.1) is 22.2 Å². The SMILES string of the molecule is CCN(CC)c1ccc2c(-c3ccccc3C(=O)O)c3ccc(=[N+](CC)CC)cc-3oc2c1.Cc1nn(-c2ccccc2)c(=O)[c-]1N=Nc1cc([N+](=O)[O-])cc(S(=O)(=O)O)c1O.O.[Cr]. The van der Waals surface area contributed by atoms with Crippen LogP contribution in [0.5, 0.6) is 5.75 Å². The normalized spacial score (nSPS) is 11.1. The number of rotatable bonds is 12. The van der Waals surface area contributed by atoms with Crippen molar-refractivity contribution in [3.05, 3.63) is 140 Å². The van der Waals surface area contributed by atoms with Gasteiger partial charge in [-0.05, 0) is 69.7 Å². The molecule has 5 N–H and O–H groups in total. The third-order valence-corrected chi connectivity index (χ3v) is 11.0. The smallest absolute Gasteiger partial charge is 0.336 e. The molecule has 5 aromatic rings. The van der Waals surface area contributed by atoms with Crippen molar-refractivity contribution < 1.29 is 60.2 Å². The molecule has 1 aliphatic carbocycles. The number of benzene rings is 5. The molecule has 0 unspecified atom stereocenters. The number of phenolic OH excluding ortho intramolecular Hbond substituents is 1. The zero-order valence-corrected chi connectivity index (χ0v) is 37.4. The van der Waals surface area contributed by atoms with Crippen LogP contribution in [0.4, 0.5) is 22.7 Å². The first-order valence-electron chi connectivity index (χ1n) is 19.5. The summed E-state index contributed by atoms with van der Waals surface area (Å²) in [7, 11) is -4.98. The Morgan fingerprint density at radius 1 is 0.922 bits per heavy atom. The van der Waals surface area contributed by atoms with Crippen LogP contribution in [0.3, 0.4) is 0 Å². The molecule has 0 spiro atoms. The number of aryl methyl sites for hydroxylation is 1. The minimum Gasteiger partial charge on any atom is -0.504 e. The van der Waals surface area contributed by atoms with Gasteiger partial charge in [0, 0.05) is 76.9 Å². The van der Waals surface area contributed by atoms with E-state index in [-0.39, 0.29) is 39.8 Å². The number of carboxylic acid groups (broad SMARTS) is 1. The maximum atomic E-state index is 12.5. The predicted molar refractivity (Wildman–Crippen MR) is 238 cm³/mol. The molecular weight excluding hydrogens is 887 g/mol. The summed E-state index contributed by atoms with van der Waals surface area (Å²) in [6.07, 6.45) is 0. The molecule has 2 aliphatic rings. The molecule has 0 saturated heterocycles. The Bertz CT molecular complexity index is 3060. The number of azo groups is 1. The van der Waals surface area contributed by atoms with Crippen molar-refractivity contribution in [3.8, 4) is 33.9 Å². The van der Waals surface area contributed by atoms with E-state index in [9.17, 15) is 38.3 Å². The average molecular weight is 932 g/mol. The summed E-state index contributed by atoms with van der Waals surface area (Å²) in [5, 5.41) is 44.2. The van der Waals surface area contributed by atoms with Crippen LogP contribution in [0, 0.1) is 17.0 Å². The van der Waals surface area contributed by atoms with Crippen LogP contribution in [-0.4, -0.2) is 75.5 Å². The second-order valence-corrected chi connectivity index (χ2v) is 15.2. The van der Waals surface area contributed by atoms with Crippen LogP contribution in [-0.2, 0) is 27.5 Å². The van der Waals surface area contributed by atoms with E-state index in [1.54, 1.807) is 42.5 Å². The Labute approximate surface area is 377 Å². The third kappa shape index (κ3) is 10.3. The van der Waals surface area contributed by atoms with Crippen molar-refractivity contribution in [3.63, 3.8) is 0 Å². The number of aromatic hydroxyl groups is 1. The monoisotopic (exact) mass is 931 g/mol. The van der Waals surface area contributed by atoms with Crippen LogP contribution in [0.15, 0.2) is 127 Å². The van der Waals surface area contributed by atoms with E-state index in [4.69, 9.17) is 8.97 Å². The molecule has 0 radical (unpaired) electrons. The summed E-state index contributed by atoms with van der Waals surface area (Å²) in [5.74, 6) is -1.24. The fourth-order valence-corrected chi connectivity index (χ4v) is 7.65. The quantitative estimate of drug-likeness (QED) is 0.0208. The number of para-hydroxylation sites is 1. The summed E-state index contributed by atoms with van der Waals surface area (Å²) in [5.41, 5.74) is 3.02. The second-order valence-electron chi connectivity index (χ2n) is 13.8. The summed E-state index contributed by atoms with van der Waals surface area (Å²) >= 11 is 0. The number of anilines is 1. The summed E-state index contributed by atoms with van der Waals surface area (Å²) in [6, 6.07) is 29.3. The Kier molecular flexibility index (Phi) is 16.3. The van der Waals surface area contributed by atoms with E-state index < -0.39 is 48.6 Å². The molecular formula is C44H45CrN7O11S. The topological polar surface area (TPSA) is 266 Å². The van der Waals surface area contributed by atoms with Gasteiger partial charge in [-0.1, -0.05) is 49.0 Å². The molecule has 64 heavy (non-hydrogen) atoms. The fraction of sp³-hybridized carbons (Fsp3) is 0.205. The molecule has 7 rings (SSSR count). The number of fused-ring (bicyclic) bond motifs is 2. The fourth-order valence-electron chi connectivity index (χ4n) is 7.03. The van der Waals surface area contributed by atoms with Crippen molar-refractivity contribution in [2.75, 3.05) is 31.1 Å². The summed E-state index contributed by atoms with van der Waals surface area (Å²) in [4.78, 5) is 35.8. The van der Waals surface area contributed by atoms with Crippen molar-refractivity contribution in [2.24, 2.45) is 10.2 Å². The number of non-ortho nitro benzene ring substituents is 1. The van der Waals surface area contributed by atoms with Crippen LogP contribution in [0.1, 0.15) is 43.7 Å².